The van der Waals surface area contributed by atoms with Crippen molar-refractivity contribution in [2.45, 2.75) is 37.4 Å². The SMILES string of the molecule is C=C(C)c1cnn2c(N[C@@H]3CCc4[nH]c5ccccc5c4C3)nc(SC)nc12. The van der Waals surface area contributed by atoms with E-state index in [1.165, 1.54) is 33.9 Å². The van der Waals surface area contributed by atoms with Gasteiger partial charge in [0, 0.05) is 28.2 Å². The molecule has 7 heteroatoms. The van der Waals surface area contributed by atoms with E-state index in [0.29, 0.717) is 6.04 Å². The second-order valence-electron chi connectivity index (χ2n) is 7.32. The summed E-state index contributed by atoms with van der Waals surface area (Å²) in [5.41, 5.74) is 6.72. The molecule has 1 atom stereocenters. The molecule has 0 unspecified atom stereocenters. The lowest BCUT2D eigenvalue weighted by atomic mass is 9.91. The fourth-order valence-electron chi connectivity index (χ4n) is 4.02. The molecule has 4 aromatic rings. The lowest BCUT2D eigenvalue weighted by molar-refractivity contribution is 0.597. The number of H-pyrrole nitrogens is 1. The van der Waals surface area contributed by atoms with Crippen LogP contribution in [0.3, 0.4) is 0 Å². The largest absolute Gasteiger partial charge is 0.358 e. The number of hydrogen-bond donors (Lipinski definition) is 2. The van der Waals surface area contributed by atoms with Crippen molar-refractivity contribution < 1.29 is 0 Å². The Morgan fingerprint density at radius 1 is 1.32 bits per heavy atom. The number of aromatic amines is 1. The van der Waals surface area contributed by atoms with Crippen LogP contribution in [0.5, 0.6) is 0 Å². The number of rotatable bonds is 4. The maximum atomic E-state index is 4.70. The zero-order valence-corrected chi connectivity index (χ0v) is 16.8. The van der Waals surface area contributed by atoms with Crippen LogP contribution in [-0.2, 0) is 12.8 Å². The van der Waals surface area contributed by atoms with Gasteiger partial charge in [0.25, 0.3) is 0 Å². The Hall–Kier alpha value is -2.80. The van der Waals surface area contributed by atoms with Gasteiger partial charge in [0.05, 0.1) is 6.20 Å². The highest BCUT2D eigenvalue weighted by molar-refractivity contribution is 7.98. The number of nitrogens with zero attached hydrogens (tertiary/aromatic N) is 4. The summed E-state index contributed by atoms with van der Waals surface area (Å²) in [6, 6.07) is 8.84. The second kappa shape index (κ2) is 6.67. The average Bonchev–Trinajstić information content (AvgIpc) is 3.29. The summed E-state index contributed by atoms with van der Waals surface area (Å²) in [5, 5.41) is 10.2. The summed E-state index contributed by atoms with van der Waals surface area (Å²) >= 11 is 1.54. The van der Waals surface area contributed by atoms with Crippen LogP contribution in [-0.4, -0.2) is 36.9 Å². The van der Waals surface area contributed by atoms with E-state index in [1.807, 2.05) is 19.4 Å². The molecule has 0 bridgehead atoms. The first kappa shape index (κ1) is 17.3. The highest BCUT2D eigenvalue weighted by Crippen LogP contribution is 2.30. The van der Waals surface area contributed by atoms with Crippen LogP contribution in [0.25, 0.3) is 22.1 Å². The van der Waals surface area contributed by atoms with Crippen LogP contribution >= 0.6 is 11.8 Å². The number of aromatic nitrogens is 5. The summed E-state index contributed by atoms with van der Waals surface area (Å²) in [5.74, 6) is 0.746. The molecule has 3 heterocycles. The quantitative estimate of drug-likeness (QED) is 0.508. The van der Waals surface area contributed by atoms with Crippen LogP contribution < -0.4 is 5.32 Å². The van der Waals surface area contributed by atoms with Crippen LogP contribution in [0.4, 0.5) is 5.95 Å². The number of benzene rings is 1. The molecule has 2 N–H and O–H groups in total. The molecule has 28 heavy (non-hydrogen) atoms. The van der Waals surface area contributed by atoms with E-state index in [-0.39, 0.29) is 0 Å². The van der Waals surface area contributed by atoms with E-state index in [1.54, 1.807) is 4.52 Å². The van der Waals surface area contributed by atoms with E-state index >= 15 is 0 Å². The first-order chi connectivity index (χ1) is 13.6. The molecule has 1 aliphatic carbocycles. The van der Waals surface area contributed by atoms with Crippen molar-refractivity contribution in [3.63, 3.8) is 0 Å². The van der Waals surface area contributed by atoms with Gasteiger partial charge in [-0.15, -0.1) is 0 Å². The van der Waals surface area contributed by atoms with E-state index < -0.39 is 0 Å². The van der Waals surface area contributed by atoms with Gasteiger partial charge in [0.1, 0.15) is 0 Å². The first-order valence-electron chi connectivity index (χ1n) is 9.44. The molecule has 142 valence electrons. The number of allylic oxidation sites excluding steroid dienone is 1. The smallest absolute Gasteiger partial charge is 0.228 e. The fourth-order valence-corrected chi connectivity index (χ4v) is 4.37. The van der Waals surface area contributed by atoms with Crippen molar-refractivity contribution in [3.8, 4) is 0 Å². The Balaban J connectivity index is 1.51. The number of para-hydroxylation sites is 1. The number of thioether (sulfide) groups is 1. The summed E-state index contributed by atoms with van der Waals surface area (Å²) in [6.45, 7) is 6.03. The van der Waals surface area contributed by atoms with Crippen molar-refractivity contribution in [2.75, 3.05) is 11.6 Å². The fraction of sp³-hybridized carbons (Fsp3) is 0.286. The number of aryl methyl sites for hydroxylation is 1. The normalized spacial score (nSPS) is 16.4. The van der Waals surface area contributed by atoms with E-state index in [0.717, 1.165) is 47.2 Å². The summed E-state index contributed by atoms with van der Waals surface area (Å²) in [4.78, 5) is 12.9. The maximum Gasteiger partial charge on any atom is 0.228 e. The van der Waals surface area contributed by atoms with Gasteiger partial charge in [-0.05, 0) is 49.6 Å². The molecule has 0 aliphatic heterocycles. The van der Waals surface area contributed by atoms with Crippen LogP contribution in [0.2, 0.25) is 0 Å². The van der Waals surface area contributed by atoms with Gasteiger partial charge in [0.15, 0.2) is 10.8 Å². The van der Waals surface area contributed by atoms with Crippen LogP contribution in [0, 0.1) is 0 Å². The second-order valence-corrected chi connectivity index (χ2v) is 8.09. The third-order valence-corrected chi connectivity index (χ3v) is 5.97. The van der Waals surface area contributed by atoms with E-state index in [9.17, 15) is 0 Å². The van der Waals surface area contributed by atoms with Gasteiger partial charge in [-0.1, -0.05) is 36.5 Å². The van der Waals surface area contributed by atoms with Gasteiger partial charge in [-0.2, -0.15) is 14.6 Å². The minimum absolute atomic E-state index is 0.303. The summed E-state index contributed by atoms with van der Waals surface area (Å²) < 4.78 is 1.80. The van der Waals surface area contributed by atoms with Gasteiger partial charge in [0.2, 0.25) is 5.95 Å². The van der Waals surface area contributed by atoms with Gasteiger partial charge >= 0.3 is 0 Å². The molecular formula is C21H22N6S. The maximum absolute atomic E-state index is 4.70. The minimum Gasteiger partial charge on any atom is -0.358 e. The molecular weight excluding hydrogens is 368 g/mol. The molecule has 1 aromatic carbocycles. The molecule has 0 saturated heterocycles. The zero-order valence-electron chi connectivity index (χ0n) is 16.0. The highest BCUT2D eigenvalue weighted by atomic mass is 32.2. The van der Waals surface area contributed by atoms with Gasteiger partial charge in [-0.3, -0.25) is 0 Å². The molecule has 3 aromatic heterocycles. The van der Waals surface area contributed by atoms with Crippen LogP contribution in [0.15, 0.2) is 42.2 Å². The standard InChI is InChI=1S/C21H22N6S/c1-12(2)16-11-22-27-19(16)25-21(28-3)26-20(27)23-13-8-9-18-15(10-13)14-6-4-5-7-17(14)24-18/h4-7,11,13,24H,1,8-10H2,2-3H3,(H,23,25,26)/t13-/m1/s1. The van der Waals surface area contributed by atoms with Crippen molar-refractivity contribution in [3.05, 3.63) is 53.9 Å². The topological polar surface area (TPSA) is 70.9 Å². The molecule has 0 spiro atoms. The van der Waals surface area contributed by atoms with Crippen molar-refractivity contribution in [1.29, 1.82) is 0 Å². The molecule has 0 fully saturated rings. The summed E-state index contributed by atoms with van der Waals surface area (Å²) in [6.07, 6.45) is 6.86. The molecule has 6 nitrogen and oxygen atoms in total. The van der Waals surface area contributed by atoms with Gasteiger partial charge in [-0.25, -0.2) is 4.98 Å². The molecule has 1 aliphatic rings. The van der Waals surface area contributed by atoms with E-state index in [4.69, 9.17) is 4.98 Å². The predicted octanol–water partition coefficient (Wildman–Crippen LogP) is 4.33. The molecule has 0 amide bonds. The van der Waals surface area contributed by atoms with Crippen LogP contribution in [0.1, 0.15) is 30.2 Å². The number of anilines is 1. The Morgan fingerprint density at radius 2 is 2.18 bits per heavy atom. The Labute approximate surface area is 167 Å². The monoisotopic (exact) mass is 390 g/mol. The predicted molar refractivity (Wildman–Crippen MR) is 115 cm³/mol. The zero-order chi connectivity index (χ0) is 19.3. The lowest BCUT2D eigenvalue weighted by Crippen LogP contribution is -2.29. The summed E-state index contributed by atoms with van der Waals surface area (Å²) in [7, 11) is 0. The molecule has 0 radical (unpaired) electrons. The Bertz CT molecular complexity index is 1200. The molecule has 5 rings (SSSR count). The van der Waals surface area contributed by atoms with Gasteiger partial charge < -0.3 is 10.3 Å². The first-order valence-corrected chi connectivity index (χ1v) is 10.7. The lowest BCUT2D eigenvalue weighted by Gasteiger charge is -2.24. The number of hydrogen-bond acceptors (Lipinski definition) is 5. The average molecular weight is 391 g/mol. The number of fused-ring (bicyclic) bond motifs is 4. The third kappa shape index (κ3) is 2.77. The van der Waals surface area contributed by atoms with Crippen molar-refractivity contribution >= 4 is 39.8 Å². The minimum atomic E-state index is 0.303. The van der Waals surface area contributed by atoms with E-state index in [2.05, 4.69) is 51.2 Å². The molecule has 0 saturated carbocycles. The Morgan fingerprint density at radius 3 is 3.00 bits per heavy atom. The third-order valence-electron chi connectivity index (χ3n) is 5.42. The highest BCUT2D eigenvalue weighted by Gasteiger charge is 2.24. The van der Waals surface area contributed by atoms with Crippen molar-refractivity contribution in [2.24, 2.45) is 0 Å². The Kier molecular flexibility index (Phi) is 4.12. The number of nitrogens with one attached hydrogen (secondary N) is 2. The van der Waals surface area contributed by atoms with Crippen molar-refractivity contribution in [1.82, 2.24) is 24.6 Å².